The van der Waals surface area contributed by atoms with E-state index < -0.39 is 22.0 Å². The van der Waals surface area contributed by atoms with Crippen LogP contribution in [0.2, 0.25) is 0 Å². The number of sulfonamides is 1. The van der Waals surface area contributed by atoms with Crippen molar-refractivity contribution in [1.82, 2.24) is 4.72 Å². The molecule has 0 aliphatic carbocycles. The van der Waals surface area contributed by atoms with Crippen molar-refractivity contribution in [2.24, 2.45) is 5.73 Å². The zero-order valence-corrected chi connectivity index (χ0v) is 11.7. The first-order chi connectivity index (χ1) is 8.89. The number of esters is 1. The molecule has 0 amide bonds. The van der Waals surface area contributed by atoms with Crippen LogP contribution in [0, 0.1) is 0 Å². The highest BCUT2D eigenvalue weighted by molar-refractivity contribution is 7.88. The van der Waals surface area contributed by atoms with Crippen LogP contribution in [0.15, 0.2) is 24.3 Å². The van der Waals surface area contributed by atoms with Crippen molar-refractivity contribution in [3.8, 4) is 0 Å². The molecule has 106 valence electrons. The van der Waals surface area contributed by atoms with E-state index in [1.807, 2.05) is 0 Å². The average molecular weight is 286 g/mol. The predicted molar refractivity (Wildman–Crippen MR) is 71.6 cm³/mol. The largest absolute Gasteiger partial charge is 0.468 e. The Balaban J connectivity index is 2.82. The van der Waals surface area contributed by atoms with Gasteiger partial charge in [-0.3, -0.25) is 4.79 Å². The van der Waals surface area contributed by atoms with Gasteiger partial charge < -0.3 is 10.5 Å². The van der Waals surface area contributed by atoms with Crippen molar-refractivity contribution in [2.45, 2.75) is 25.3 Å². The standard InChI is InChI=1S/C12H18N2O4S/c1-9(12(15)18-2)14-19(16,17)8-11-6-4-3-5-10(11)7-13/h3-6,9,14H,7-8,13H2,1-2H3/t9-/m0/s1. The Morgan fingerprint density at radius 1 is 1.37 bits per heavy atom. The van der Waals surface area contributed by atoms with Crippen molar-refractivity contribution in [3.63, 3.8) is 0 Å². The second-order valence-corrected chi connectivity index (χ2v) is 5.85. The smallest absolute Gasteiger partial charge is 0.323 e. The molecule has 0 aromatic heterocycles. The monoisotopic (exact) mass is 286 g/mol. The lowest BCUT2D eigenvalue weighted by molar-refractivity contribution is -0.142. The molecule has 6 nitrogen and oxygen atoms in total. The Labute approximate surface area is 113 Å². The van der Waals surface area contributed by atoms with Crippen LogP contribution in [0.5, 0.6) is 0 Å². The zero-order valence-electron chi connectivity index (χ0n) is 10.9. The summed E-state index contributed by atoms with van der Waals surface area (Å²) in [5.41, 5.74) is 6.93. The van der Waals surface area contributed by atoms with Gasteiger partial charge in [0.15, 0.2) is 0 Å². The molecule has 1 aromatic carbocycles. The molecule has 0 bridgehead atoms. The number of hydrogen-bond acceptors (Lipinski definition) is 5. The normalized spacial score (nSPS) is 13.0. The lowest BCUT2D eigenvalue weighted by Gasteiger charge is -2.13. The van der Waals surface area contributed by atoms with Crippen LogP contribution in [0.3, 0.4) is 0 Å². The van der Waals surface area contributed by atoms with E-state index in [4.69, 9.17) is 5.73 Å². The zero-order chi connectivity index (χ0) is 14.5. The fourth-order valence-electron chi connectivity index (χ4n) is 1.64. The molecule has 0 aliphatic heterocycles. The third-order valence-corrected chi connectivity index (χ3v) is 4.00. The topological polar surface area (TPSA) is 98.5 Å². The van der Waals surface area contributed by atoms with Crippen molar-refractivity contribution in [2.75, 3.05) is 7.11 Å². The number of nitrogens with one attached hydrogen (secondary N) is 1. The highest BCUT2D eigenvalue weighted by Crippen LogP contribution is 2.11. The van der Waals surface area contributed by atoms with Crippen LogP contribution in [0.4, 0.5) is 0 Å². The van der Waals surface area contributed by atoms with E-state index in [9.17, 15) is 13.2 Å². The van der Waals surface area contributed by atoms with E-state index >= 15 is 0 Å². The number of hydrogen-bond donors (Lipinski definition) is 2. The van der Waals surface area contributed by atoms with Crippen LogP contribution in [0.25, 0.3) is 0 Å². The van der Waals surface area contributed by atoms with Gasteiger partial charge in [-0.1, -0.05) is 24.3 Å². The summed E-state index contributed by atoms with van der Waals surface area (Å²) < 4.78 is 30.6. The first kappa shape index (κ1) is 15.6. The molecule has 0 spiro atoms. The average Bonchev–Trinajstić information content (AvgIpc) is 2.37. The number of carbonyl (C=O) groups is 1. The SMILES string of the molecule is COC(=O)[C@H](C)NS(=O)(=O)Cc1ccccc1CN. The summed E-state index contributed by atoms with van der Waals surface area (Å²) in [6.45, 7) is 1.69. The van der Waals surface area contributed by atoms with Gasteiger partial charge in [-0.2, -0.15) is 0 Å². The quantitative estimate of drug-likeness (QED) is 0.724. The summed E-state index contributed by atoms with van der Waals surface area (Å²) in [5, 5.41) is 0. The van der Waals surface area contributed by atoms with Crippen LogP contribution in [-0.2, 0) is 31.9 Å². The summed E-state index contributed by atoms with van der Waals surface area (Å²) >= 11 is 0. The molecular formula is C12H18N2O4S. The summed E-state index contributed by atoms with van der Waals surface area (Å²) in [6, 6.07) is 6.09. The Morgan fingerprint density at radius 2 is 1.95 bits per heavy atom. The first-order valence-electron chi connectivity index (χ1n) is 5.74. The molecule has 3 N–H and O–H groups in total. The fraction of sp³-hybridized carbons (Fsp3) is 0.417. The lowest BCUT2D eigenvalue weighted by atomic mass is 10.1. The molecule has 0 radical (unpaired) electrons. The lowest BCUT2D eigenvalue weighted by Crippen LogP contribution is -2.39. The van der Waals surface area contributed by atoms with Gasteiger partial charge in [-0.15, -0.1) is 0 Å². The molecule has 0 unspecified atom stereocenters. The van der Waals surface area contributed by atoms with E-state index in [0.717, 1.165) is 5.56 Å². The van der Waals surface area contributed by atoms with Gasteiger partial charge >= 0.3 is 5.97 Å². The van der Waals surface area contributed by atoms with E-state index in [1.54, 1.807) is 24.3 Å². The summed E-state index contributed by atoms with van der Waals surface area (Å²) in [7, 11) is -2.42. The fourth-order valence-corrected chi connectivity index (χ4v) is 3.05. The van der Waals surface area contributed by atoms with Crippen molar-refractivity contribution in [3.05, 3.63) is 35.4 Å². The first-order valence-corrected chi connectivity index (χ1v) is 7.39. The number of benzene rings is 1. The molecule has 0 fully saturated rings. The van der Waals surface area contributed by atoms with Crippen molar-refractivity contribution < 1.29 is 17.9 Å². The number of methoxy groups -OCH3 is 1. The summed E-state index contributed by atoms with van der Waals surface area (Å²) in [6.07, 6.45) is 0. The minimum atomic E-state index is -3.63. The Bertz CT molecular complexity index is 542. The maximum absolute atomic E-state index is 11.9. The highest BCUT2D eigenvalue weighted by atomic mass is 32.2. The molecule has 1 atom stereocenters. The number of nitrogens with two attached hydrogens (primary N) is 1. The van der Waals surface area contributed by atoms with Gasteiger partial charge in [0.1, 0.15) is 6.04 Å². The van der Waals surface area contributed by atoms with Crippen molar-refractivity contribution in [1.29, 1.82) is 0 Å². The van der Waals surface area contributed by atoms with Gasteiger partial charge in [-0.05, 0) is 18.1 Å². The highest BCUT2D eigenvalue weighted by Gasteiger charge is 2.21. The molecule has 1 aromatic rings. The molecular weight excluding hydrogens is 268 g/mol. The Morgan fingerprint density at radius 3 is 2.47 bits per heavy atom. The number of ether oxygens (including phenoxy) is 1. The van der Waals surface area contributed by atoms with Crippen molar-refractivity contribution >= 4 is 16.0 Å². The van der Waals surface area contributed by atoms with Crippen LogP contribution in [0.1, 0.15) is 18.1 Å². The summed E-state index contributed by atoms with van der Waals surface area (Å²) in [5.74, 6) is -0.850. The number of rotatable bonds is 6. The molecule has 0 heterocycles. The molecule has 0 saturated carbocycles. The van der Waals surface area contributed by atoms with Crippen LogP contribution in [-0.4, -0.2) is 27.5 Å². The van der Waals surface area contributed by atoms with Gasteiger partial charge in [0.25, 0.3) is 0 Å². The minimum absolute atomic E-state index is 0.221. The molecule has 7 heteroatoms. The van der Waals surface area contributed by atoms with E-state index in [2.05, 4.69) is 9.46 Å². The van der Waals surface area contributed by atoms with E-state index in [-0.39, 0.29) is 12.3 Å². The second-order valence-electron chi connectivity index (χ2n) is 4.09. The number of carbonyl (C=O) groups excluding carboxylic acids is 1. The Hall–Kier alpha value is -1.44. The van der Waals surface area contributed by atoms with E-state index in [0.29, 0.717) is 5.56 Å². The minimum Gasteiger partial charge on any atom is -0.468 e. The van der Waals surface area contributed by atoms with Gasteiger partial charge in [0.05, 0.1) is 12.9 Å². The third kappa shape index (κ3) is 4.62. The third-order valence-electron chi connectivity index (χ3n) is 2.59. The maximum atomic E-state index is 11.9. The molecule has 0 aliphatic rings. The van der Waals surface area contributed by atoms with Crippen LogP contribution >= 0.6 is 0 Å². The Kier molecular flexibility index (Phi) is 5.46. The second kappa shape index (κ2) is 6.65. The van der Waals surface area contributed by atoms with Gasteiger partial charge in [-0.25, -0.2) is 13.1 Å². The van der Waals surface area contributed by atoms with Crippen LogP contribution < -0.4 is 10.5 Å². The molecule has 0 saturated heterocycles. The summed E-state index contributed by atoms with van der Waals surface area (Å²) in [4.78, 5) is 11.2. The van der Waals surface area contributed by atoms with Gasteiger partial charge in [0.2, 0.25) is 10.0 Å². The predicted octanol–water partition coefficient (Wildman–Crippen LogP) is 0.126. The van der Waals surface area contributed by atoms with Gasteiger partial charge in [0, 0.05) is 6.54 Å². The molecule has 19 heavy (non-hydrogen) atoms. The maximum Gasteiger partial charge on any atom is 0.323 e. The molecule has 1 rings (SSSR count). The van der Waals surface area contributed by atoms with E-state index in [1.165, 1.54) is 14.0 Å².